The van der Waals surface area contributed by atoms with Gasteiger partial charge in [-0.05, 0) is 37.9 Å². The number of benzene rings is 1. The lowest BCUT2D eigenvalue weighted by Crippen LogP contribution is -2.35. The van der Waals surface area contributed by atoms with Crippen LogP contribution in [0.2, 0.25) is 0 Å². The number of carbonyl (C=O) groups is 1. The molecule has 144 valence electrons. The quantitative estimate of drug-likeness (QED) is 0.791. The number of esters is 1. The summed E-state index contributed by atoms with van der Waals surface area (Å²) in [7, 11) is 1.41. The molecule has 2 aromatic rings. The zero-order valence-corrected chi connectivity index (χ0v) is 15.8. The van der Waals surface area contributed by atoms with Gasteiger partial charge in [-0.2, -0.15) is 0 Å². The van der Waals surface area contributed by atoms with E-state index in [-0.39, 0.29) is 24.2 Å². The molecule has 2 aliphatic heterocycles. The van der Waals surface area contributed by atoms with Crippen LogP contribution in [0.15, 0.2) is 36.1 Å². The minimum atomic E-state index is -0.331. The minimum Gasteiger partial charge on any atom is -0.472 e. The molecule has 0 bridgehead atoms. The zero-order chi connectivity index (χ0) is 18.8. The van der Waals surface area contributed by atoms with Gasteiger partial charge in [-0.15, -0.1) is 0 Å². The van der Waals surface area contributed by atoms with Crippen molar-refractivity contribution in [2.45, 2.75) is 38.5 Å². The van der Waals surface area contributed by atoms with Gasteiger partial charge < -0.3 is 24.5 Å². The topological polar surface area (TPSA) is 72.6 Å². The molecular weight excluding hydrogens is 344 g/mol. The highest BCUT2D eigenvalue weighted by atomic mass is 16.7. The van der Waals surface area contributed by atoms with E-state index in [9.17, 15) is 4.79 Å². The van der Waals surface area contributed by atoms with Crippen molar-refractivity contribution in [1.29, 1.82) is 0 Å². The summed E-state index contributed by atoms with van der Waals surface area (Å²) in [6, 6.07) is 8.57. The van der Waals surface area contributed by atoms with Crippen molar-refractivity contribution >= 4 is 16.9 Å². The Hall–Kier alpha value is -2.31. The predicted octanol–water partition coefficient (Wildman–Crippen LogP) is 3.20. The molecule has 27 heavy (non-hydrogen) atoms. The maximum atomic E-state index is 12.2. The SMILES string of the molecule is CCOC1C[C@H](C[C@@H]2NCCc3c2[nH]c2ccccc32)C(C(=O)OC)=CO1. The molecule has 6 nitrogen and oxygen atoms in total. The van der Waals surface area contributed by atoms with E-state index in [4.69, 9.17) is 14.2 Å². The normalized spacial score (nSPS) is 24.8. The lowest BCUT2D eigenvalue weighted by atomic mass is 9.85. The summed E-state index contributed by atoms with van der Waals surface area (Å²) in [5.41, 5.74) is 4.36. The van der Waals surface area contributed by atoms with Gasteiger partial charge in [0.2, 0.25) is 0 Å². The molecule has 0 saturated carbocycles. The number of aromatic amines is 1. The van der Waals surface area contributed by atoms with Crippen molar-refractivity contribution in [2.24, 2.45) is 5.92 Å². The summed E-state index contributed by atoms with van der Waals surface area (Å²) in [6.07, 6.45) is 3.63. The molecule has 3 atom stereocenters. The van der Waals surface area contributed by atoms with Crippen LogP contribution in [0.4, 0.5) is 0 Å². The number of nitrogens with one attached hydrogen (secondary N) is 2. The van der Waals surface area contributed by atoms with Crippen molar-refractivity contribution in [1.82, 2.24) is 10.3 Å². The van der Waals surface area contributed by atoms with Crippen LogP contribution in [0.5, 0.6) is 0 Å². The Kier molecular flexibility index (Phi) is 5.18. The van der Waals surface area contributed by atoms with E-state index in [0.29, 0.717) is 18.6 Å². The highest BCUT2D eigenvalue weighted by Gasteiger charge is 2.34. The van der Waals surface area contributed by atoms with Crippen molar-refractivity contribution in [3.63, 3.8) is 0 Å². The number of ether oxygens (including phenoxy) is 3. The van der Waals surface area contributed by atoms with Crippen LogP contribution in [0, 0.1) is 5.92 Å². The third-order valence-corrected chi connectivity index (χ3v) is 5.52. The minimum absolute atomic E-state index is 0.0117. The zero-order valence-electron chi connectivity index (χ0n) is 15.8. The average molecular weight is 370 g/mol. The van der Waals surface area contributed by atoms with Gasteiger partial charge >= 0.3 is 5.97 Å². The summed E-state index contributed by atoms with van der Waals surface area (Å²) in [5.74, 6) is -0.319. The van der Waals surface area contributed by atoms with Gasteiger partial charge in [-0.1, -0.05) is 18.2 Å². The molecule has 1 aromatic carbocycles. The Labute approximate surface area is 158 Å². The van der Waals surface area contributed by atoms with E-state index in [0.717, 1.165) is 19.4 Å². The Balaban J connectivity index is 1.61. The molecule has 0 fully saturated rings. The van der Waals surface area contributed by atoms with Crippen LogP contribution in [-0.4, -0.2) is 37.5 Å². The van der Waals surface area contributed by atoms with Gasteiger partial charge in [0.05, 0.1) is 18.9 Å². The molecule has 4 rings (SSSR count). The molecule has 3 heterocycles. The van der Waals surface area contributed by atoms with Crippen LogP contribution < -0.4 is 5.32 Å². The molecule has 0 amide bonds. The standard InChI is InChI=1S/C21H26N2O4/c1-3-26-19-11-13(16(12-27-19)21(24)25-2)10-18-20-15(8-9-22-18)14-6-4-5-7-17(14)23-20/h4-7,12-13,18-19,22-23H,3,8-11H2,1-2H3/t13-,18-,19?/m0/s1. The van der Waals surface area contributed by atoms with Crippen LogP contribution in [0.3, 0.4) is 0 Å². The molecule has 2 aliphatic rings. The number of hydrogen-bond donors (Lipinski definition) is 2. The van der Waals surface area contributed by atoms with E-state index in [1.807, 2.05) is 6.92 Å². The first-order valence-electron chi connectivity index (χ1n) is 9.59. The number of rotatable bonds is 5. The third-order valence-electron chi connectivity index (χ3n) is 5.52. The van der Waals surface area contributed by atoms with E-state index >= 15 is 0 Å². The maximum absolute atomic E-state index is 12.2. The number of fused-ring (bicyclic) bond motifs is 3. The lowest BCUT2D eigenvalue weighted by Gasteiger charge is -2.33. The number of hydrogen-bond acceptors (Lipinski definition) is 5. The average Bonchev–Trinajstić information content (AvgIpc) is 3.08. The molecular formula is C21H26N2O4. The Morgan fingerprint density at radius 2 is 2.19 bits per heavy atom. The van der Waals surface area contributed by atoms with Crippen molar-refractivity contribution in [3.05, 3.63) is 47.4 Å². The molecule has 6 heteroatoms. The summed E-state index contributed by atoms with van der Waals surface area (Å²) in [6.45, 7) is 3.44. The Morgan fingerprint density at radius 3 is 3.00 bits per heavy atom. The van der Waals surface area contributed by atoms with Gasteiger partial charge in [-0.25, -0.2) is 4.79 Å². The van der Waals surface area contributed by atoms with E-state index in [1.54, 1.807) is 0 Å². The van der Waals surface area contributed by atoms with Crippen LogP contribution in [0.25, 0.3) is 10.9 Å². The summed E-state index contributed by atoms with van der Waals surface area (Å²) in [5, 5.41) is 4.91. The molecule has 0 saturated heterocycles. The van der Waals surface area contributed by atoms with E-state index in [1.165, 1.54) is 35.5 Å². The molecule has 1 unspecified atom stereocenters. The van der Waals surface area contributed by atoms with Crippen molar-refractivity contribution in [2.75, 3.05) is 20.3 Å². The van der Waals surface area contributed by atoms with Crippen LogP contribution >= 0.6 is 0 Å². The summed E-state index contributed by atoms with van der Waals surface area (Å²) >= 11 is 0. The first kappa shape index (κ1) is 18.1. The highest BCUT2D eigenvalue weighted by molar-refractivity contribution is 5.89. The van der Waals surface area contributed by atoms with Gasteiger partial charge in [0, 0.05) is 41.6 Å². The fourth-order valence-corrected chi connectivity index (χ4v) is 4.26. The molecule has 2 N–H and O–H groups in total. The van der Waals surface area contributed by atoms with E-state index in [2.05, 4.69) is 34.6 Å². The largest absolute Gasteiger partial charge is 0.472 e. The number of para-hydroxylation sites is 1. The summed E-state index contributed by atoms with van der Waals surface area (Å²) < 4.78 is 16.2. The van der Waals surface area contributed by atoms with Crippen molar-refractivity contribution in [3.8, 4) is 0 Å². The number of H-pyrrole nitrogens is 1. The first-order valence-corrected chi connectivity index (χ1v) is 9.59. The smallest absolute Gasteiger partial charge is 0.337 e. The van der Waals surface area contributed by atoms with Crippen LogP contribution in [-0.2, 0) is 25.4 Å². The fraction of sp³-hybridized carbons (Fsp3) is 0.476. The number of methoxy groups -OCH3 is 1. The summed E-state index contributed by atoms with van der Waals surface area (Å²) in [4.78, 5) is 15.8. The lowest BCUT2D eigenvalue weighted by molar-refractivity contribution is -0.143. The third kappa shape index (κ3) is 3.47. The molecule has 0 radical (unpaired) electrons. The second-order valence-electron chi connectivity index (χ2n) is 7.07. The van der Waals surface area contributed by atoms with Crippen LogP contribution in [0.1, 0.15) is 37.1 Å². The molecule has 0 aliphatic carbocycles. The van der Waals surface area contributed by atoms with Gasteiger partial charge in [0.25, 0.3) is 0 Å². The van der Waals surface area contributed by atoms with Gasteiger partial charge in [0.15, 0.2) is 6.29 Å². The number of carbonyl (C=O) groups excluding carboxylic acids is 1. The van der Waals surface area contributed by atoms with E-state index < -0.39 is 0 Å². The Bertz CT molecular complexity index is 857. The van der Waals surface area contributed by atoms with Gasteiger partial charge in [0.1, 0.15) is 0 Å². The predicted molar refractivity (Wildman–Crippen MR) is 102 cm³/mol. The van der Waals surface area contributed by atoms with Crippen molar-refractivity contribution < 1.29 is 19.0 Å². The monoisotopic (exact) mass is 370 g/mol. The Morgan fingerprint density at radius 1 is 1.33 bits per heavy atom. The molecule has 1 aromatic heterocycles. The second kappa shape index (κ2) is 7.74. The fourth-order valence-electron chi connectivity index (χ4n) is 4.26. The molecule has 0 spiro atoms. The highest BCUT2D eigenvalue weighted by Crippen LogP contribution is 2.37. The second-order valence-corrected chi connectivity index (χ2v) is 7.07. The maximum Gasteiger partial charge on any atom is 0.337 e. The first-order chi connectivity index (χ1) is 13.2. The van der Waals surface area contributed by atoms with Gasteiger partial charge in [-0.3, -0.25) is 0 Å². The number of aromatic nitrogens is 1.